The van der Waals surface area contributed by atoms with E-state index in [2.05, 4.69) is 23.8 Å². The van der Waals surface area contributed by atoms with E-state index in [1.54, 1.807) is 12.4 Å². The molecule has 1 aromatic heterocycles. The van der Waals surface area contributed by atoms with Gasteiger partial charge in [-0.15, -0.1) is 0 Å². The van der Waals surface area contributed by atoms with Gasteiger partial charge in [0, 0.05) is 13.1 Å². The summed E-state index contributed by atoms with van der Waals surface area (Å²) in [7, 11) is 0. The van der Waals surface area contributed by atoms with Gasteiger partial charge in [-0.05, 0) is 12.3 Å². The van der Waals surface area contributed by atoms with E-state index in [0.717, 1.165) is 0 Å². The molecule has 1 N–H and O–H groups in total. The van der Waals surface area contributed by atoms with Crippen LogP contribution in [-0.4, -0.2) is 40.7 Å². The Bertz CT molecular complexity index is 451. The quantitative estimate of drug-likeness (QED) is 0.867. The zero-order valence-electron chi connectivity index (χ0n) is 11.2. The first kappa shape index (κ1) is 13.6. The molecule has 2 heterocycles. The van der Waals surface area contributed by atoms with Crippen molar-refractivity contribution < 1.29 is 14.6 Å². The number of aromatic nitrogens is 2. The van der Waals surface area contributed by atoms with Gasteiger partial charge < -0.3 is 14.7 Å². The second kappa shape index (κ2) is 5.86. The van der Waals surface area contributed by atoms with E-state index in [9.17, 15) is 4.79 Å². The molecule has 0 aromatic carbocycles. The summed E-state index contributed by atoms with van der Waals surface area (Å²) >= 11 is 0. The number of nitrogens with zero attached hydrogens (tertiary/aromatic N) is 3. The predicted molar refractivity (Wildman–Crippen MR) is 70.3 cm³/mol. The summed E-state index contributed by atoms with van der Waals surface area (Å²) in [5, 5.41) is 8.99. The van der Waals surface area contributed by atoms with Gasteiger partial charge in [0.2, 0.25) is 5.88 Å². The zero-order valence-corrected chi connectivity index (χ0v) is 11.2. The number of hydrogen-bond acceptors (Lipinski definition) is 5. The molecule has 1 fully saturated rings. The van der Waals surface area contributed by atoms with Crippen molar-refractivity contribution in [2.24, 2.45) is 11.8 Å². The third kappa shape index (κ3) is 3.56. The molecule has 104 valence electrons. The Labute approximate surface area is 112 Å². The summed E-state index contributed by atoms with van der Waals surface area (Å²) < 4.78 is 5.53. The van der Waals surface area contributed by atoms with Gasteiger partial charge in [0.15, 0.2) is 5.82 Å². The fourth-order valence-electron chi connectivity index (χ4n) is 1.98. The first-order chi connectivity index (χ1) is 9.06. The summed E-state index contributed by atoms with van der Waals surface area (Å²) in [4.78, 5) is 21.3. The molecule has 1 aliphatic heterocycles. The highest BCUT2D eigenvalue weighted by Crippen LogP contribution is 2.23. The molecule has 0 radical (unpaired) electrons. The molecule has 0 aliphatic carbocycles. The van der Waals surface area contributed by atoms with E-state index in [-0.39, 0.29) is 5.92 Å². The fraction of sp³-hybridized carbons (Fsp3) is 0.615. The lowest BCUT2D eigenvalue weighted by Gasteiger charge is -2.17. The topological polar surface area (TPSA) is 75.5 Å². The molecule has 1 aliphatic rings. The number of anilines is 1. The molecule has 0 amide bonds. The first-order valence-corrected chi connectivity index (χ1v) is 6.49. The van der Waals surface area contributed by atoms with Crippen LogP contribution in [0.1, 0.15) is 20.3 Å². The lowest BCUT2D eigenvalue weighted by molar-refractivity contribution is -0.140. The minimum absolute atomic E-state index is 0.318. The molecular formula is C13H19N3O3. The largest absolute Gasteiger partial charge is 0.481 e. The van der Waals surface area contributed by atoms with Gasteiger partial charge in [-0.2, -0.15) is 4.98 Å². The second-order valence-electron chi connectivity index (χ2n) is 5.19. The number of rotatable bonds is 5. The van der Waals surface area contributed by atoms with Crippen LogP contribution < -0.4 is 9.64 Å². The maximum Gasteiger partial charge on any atom is 0.308 e. The molecule has 6 nitrogen and oxygen atoms in total. The lowest BCUT2D eigenvalue weighted by Crippen LogP contribution is -2.23. The highest BCUT2D eigenvalue weighted by Gasteiger charge is 2.28. The lowest BCUT2D eigenvalue weighted by atomic mass is 10.1. The van der Waals surface area contributed by atoms with Crippen molar-refractivity contribution in [1.29, 1.82) is 0 Å². The average Bonchev–Trinajstić information content (AvgIpc) is 2.86. The number of hydrogen-bond donors (Lipinski definition) is 1. The Morgan fingerprint density at radius 1 is 1.58 bits per heavy atom. The molecule has 1 atom stereocenters. The van der Waals surface area contributed by atoms with Crippen LogP contribution >= 0.6 is 0 Å². The van der Waals surface area contributed by atoms with E-state index < -0.39 is 5.97 Å². The number of carboxylic acid groups (broad SMARTS) is 1. The summed E-state index contributed by atoms with van der Waals surface area (Å²) in [5.74, 6) is 0.535. The van der Waals surface area contributed by atoms with Crippen LogP contribution in [0.4, 0.5) is 5.82 Å². The molecule has 1 aromatic rings. The van der Waals surface area contributed by atoms with E-state index in [1.807, 2.05) is 4.90 Å². The Kier molecular flexibility index (Phi) is 4.19. The van der Waals surface area contributed by atoms with Crippen molar-refractivity contribution in [3.8, 4) is 5.88 Å². The van der Waals surface area contributed by atoms with Gasteiger partial charge >= 0.3 is 5.97 Å². The minimum Gasteiger partial charge on any atom is -0.481 e. The Hall–Kier alpha value is -1.85. The van der Waals surface area contributed by atoms with Crippen LogP contribution in [0.5, 0.6) is 5.88 Å². The van der Waals surface area contributed by atoms with E-state index >= 15 is 0 Å². The molecule has 1 unspecified atom stereocenters. The fourth-order valence-corrected chi connectivity index (χ4v) is 1.98. The Balaban J connectivity index is 2.01. The summed E-state index contributed by atoms with van der Waals surface area (Å²) in [5.41, 5.74) is 0. The van der Waals surface area contributed by atoms with Crippen LogP contribution in [0.25, 0.3) is 0 Å². The zero-order chi connectivity index (χ0) is 13.8. The minimum atomic E-state index is -0.748. The number of aliphatic carboxylic acids is 1. The number of carbonyl (C=O) groups is 1. The van der Waals surface area contributed by atoms with Crippen molar-refractivity contribution in [1.82, 2.24) is 9.97 Å². The predicted octanol–water partition coefficient (Wildman–Crippen LogP) is 1.42. The third-order valence-corrected chi connectivity index (χ3v) is 3.03. The molecule has 1 saturated heterocycles. The maximum atomic E-state index is 10.9. The van der Waals surface area contributed by atoms with Gasteiger partial charge in [0.25, 0.3) is 0 Å². The van der Waals surface area contributed by atoms with Gasteiger partial charge in [-0.25, -0.2) is 0 Å². The van der Waals surface area contributed by atoms with Crippen LogP contribution in [0.15, 0.2) is 12.4 Å². The Morgan fingerprint density at radius 2 is 2.37 bits per heavy atom. The van der Waals surface area contributed by atoms with Gasteiger partial charge in [0.1, 0.15) is 0 Å². The molecule has 6 heteroatoms. The highest BCUT2D eigenvalue weighted by atomic mass is 16.5. The number of carboxylic acids is 1. The maximum absolute atomic E-state index is 10.9. The second-order valence-corrected chi connectivity index (χ2v) is 5.19. The first-order valence-electron chi connectivity index (χ1n) is 6.49. The van der Waals surface area contributed by atoms with Gasteiger partial charge in [-0.3, -0.25) is 9.78 Å². The third-order valence-electron chi connectivity index (χ3n) is 3.03. The van der Waals surface area contributed by atoms with Crippen molar-refractivity contribution >= 4 is 11.8 Å². The van der Waals surface area contributed by atoms with Crippen molar-refractivity contribution in [3.05, 3.63) is 12.4 Å². The highest BCUT2D eigenvalue weighted by molar-refractivity contribution is 5.71. The average molecular weight is 265 g/mol. The van der Waals surface area contributed by atoms with Crippen LogP contribution in [0.2, 0.25) is 0 Å². The molecule has 0 spiro atoms. The van der Waals surface area contributed by atoms with Gasteiger partial charge in [0.05, 0.1) is 24.9 Å². The molecule has 19 heavy (non-hydrogen) atoms. The van der Waals surface area contributed by atoms with Crippen LogP contribution in [0, 0.1) is 11.8 Å². The normalized spacial score (nSPS) is 18.9. The summed E-state index contributed by atoms with van der Waals surface area (Å²) in [6.45, 7) is 5.90. The van der Waals surface area contributed by atoms with Crippen LogP contribution in [0.3, 0.4) is 0 Å². The van der Waals surface area contributed by atoms with E-state index in [1.165, 1.54) is 0 Å². The van der Waals surface area contributed by atoms with E-state index in [0.29, 0.717) is 43.7 Å². The molecule has 0 saturated carbocycles. The van der Waals surface area contributed by atoms with Crippen LogP contribution in [-0.2, 0) is 4.79 Å². The Morgan fingerprint density at radius 3 is 3.00 bits per heavy atom. The van der Waals surface area contributed by atoms with Crippen molar-refractivity contribution in [2.45, 2.75) is 20.3 Å². The van der Waals surface area contributed by atoms with E-state index in [4.69, 9.17) is 9.84 Å². The summed E-state index contributed by atoms with van der Waals surface area (Å²) in [6.07, 6.45) is 3.87. The number of ether oxygens (including phenoxy) is 1. The SMILES string of the molecule is CC(C)COc1cncc(N2CCC(C(=O)O)C2)n1. The van der Waals surface area contributed by atoms with Crippen molar-refractivity contribution in [3.63, 3.8) is 0 Å². The molecule has 0 bridgehead atoms. The smallest absolute Gasteiger partial charge is 0.308 e. The standard InChI is InChI=1S/C13H19N3O3/c1-9(2)8-19-12-6-14-5-11(15-12)16-4-3-10(7-16)13(17)18/h5-6,9-10H,3-4,7-8H2,1-2H3,(H,17,18). The summed E-state index contributed by atoms with van der Waals surface area (Å²) in [6, 6.07) is 0. The van der Waals surface area contributed by atoms with Gasteiger partial charge in [-0.1, -0.05) is 13.8 Å². The monoisotopic (exact) mass is 265 g/mol. The molecular weight excluding hydrogens is 246 g/mol. The van der Waals surface area contributed by atoms with Crippen molar-refractivity contribution in [2.75, 3.05) is 24.6 Å². The molecule has 2 rings (SSSR count).